The number of urea groups is 1. The molecule has 25 heavy (non-hydrogen) atoms. The van der Waals surface area contributed by atoms with E-state index in [1.54, 1.807) is 13.0 Å². The summed E-state index contributed by atoms with van der Waals surface area (Å²) in [6.45, 7) is 4.08. The number of rotatable bonds is 4. The maximum absolute atomic E-state index is 13.1. The Morgan fingerprint density at radius 1 is 1.32 bits per heavy atom. The van der Waals surface area contributed by atoms with Crippen LogP contribution in [0.3, 0.4) is 0 Å². The number of carbonyl (C=O) groups is 1. The monoisotopic (exact) mass is 357 g/mol. The van der Waals surface area contributed by atoms with Gasteiger partial charge in [-0.05, 0) is 50.9 Å². The molecule has 2 unspecified atom stereocenters. The molecule has 0 aromatic heterocycles. The van der Waals surface area contributed by atoms with E-state index in [1.807, 2.05) is 0 Å². The smallest absolute Gasteiger partial charge is 0.338 e. The molecule has 1 saturated heterocycles. The van der Waals surface area contributed by atoms with Gasteiger partial charge < -0.3 is 15.5 Å². The summed E-state index contributed by atoms with van der Waals surface area (Å²) in [5, 5.41) is 5.41. The van der Waals surface area contributed by atoms with Crippen molar-refractivity contribution in [1.82, 2.24) is 15.5 Å². The minimum atomic E-state index is -4.44. The van der Waals surface area contributed by atoms with E-state index < -0.39 is 23.8 Å². The number of hydrogen-bond donors (Lipinski definition) is 2. The summed E-state index contributed by atoms with van der Waals surface area (Å²) in [6.07, 6.45) is -1.09. The summed E-state index contributed by atoms with van der Waals surface area (Å²) >= 11 is 0. The second-order valence-electron chi connectivity index (χ2n) is 6.79. The fourth-order valence-electron chi connectivity index (χ4n) is 3.30. The first-order valence-electron chi connectivity index (χ1n) is 8.66. The van der Waals surface area contributed by atoms with Gasteiger partial charge in [-0.1, -0.05) is 24.6 Å². The summed E-state index contributed by atoms with van der Waals surface area (Å²) in [5.41, 5.74) is -0.646. The molecule has 1 aromatic rings. The number of amides is 2. The Hall–Kier alpha value is -1.76. The number of nitrogens with zero attached hydrogens (tertiary/aromatic N) is 1. The molecular formula is C18H26F3N3O. The molecule has 1 aromatic carbocycles. The minimum absolute atomic E-state index is 0.0688. The molecule has 1 heterocycles. The highest BCUT2D eigenvalue weighted by Gasteiger charge is 2.34. The van der Waals surface area contributed by atoms with E-state index in [0.29, 0.717) is 12.5 Å². The summed E-state index contributed by atoms with van der Waals surface area (Å²) < 4.78 is 39.2. The Morgan fingerprint density at radius 2 is 2.04 bits per heavy atom. The van der Waals surface area contributed by atoms with E-state index >= 15 is 0 Å². The van der Waals surface area contributed by atoms with Gasteiger partial charge in [-0.2, -0.15) is 13.2 Å². The van der Waals surface area contributed by atoms with Gasteiger partial charge in [0.15, 0.2) is 0 Å². The average Bonchev–Trinajstić information content (AvgIpc) is 2.76. The zero-order valence-corrected chi connectivity index (χ0v) is 14.7. The third kappa shape index (κ3) is 5.92. The molecule has 1 aliphatic heterocycles. The van der Waals surface area contributed by atoms with E-state index in [-0.39, 0.29) is 5.56 Å². The lowest BCUT2D eigenvalue weighted by Crippen LogP contribution is -2.41. The van der Waals surface area contributed by atoms with Crippen LogP contribution >= 0.6 is 0 Å². The lowest BCUT2D eigenvalue weighted by Gasteiger charge is -2.22. The van der Waals surface area contributed by atoms with Crippen molar-refractivity contribution in [2.75, 3.05) is 26.7 Å². The normalized spacial score (nSPS) is 20.6. The molecule has 1 fully saturated rings. The molecular weight excluding hydrogens is 331 g/mol. The molecule has 0 bridgehead atoms. The molecule has 0 saturated carbocycles. The van der Waals surface area contributed by atoms with Crippen LogP contribution in [0.15, 0.2) is 24.3 Å². The van der Waals surface area contributed by atoms with Gasteiger partial charge in [0.2, 0.25) is 0 Å². The SMILES string of the molecule is CC(NC(=O)NCC1CCCCN(C)C1)c1ccccc1C(F)(F)F. The standard InChI is InChI=1S/C18H26F3N3O/c1-13(15-8-3-4-9-16(15)18(19,20)21)23-17(25)22-11-14-7-5-6-10-24(2)12-14/h3-4,8-9,13-14H,5-7,10-12H2,1-2H3,(H2,22,23,25). The topological polar surface area (TPSA) is 44.4 Å². The van der Waals surface area contributed by atoms with E-state index in [1.165, 1.54) is 12.1 Å². The first-order valence-corrected chi connectivity index (χ1v) is 8.66. The fourth-order valence-corrected chi connectivity index (χ4v) is 3.30. The van der Waals surface area contributed by atoms with Crippen molar-refractivity contribution >= 4 is 6.03 Å². The molecule has 1 aliphatic rings. The maximum atomic E-state index is 13.1. The zero-order valence-electron chi connectivity index (χ0n) is 14.7. The lowest BCUT2D eigenvalue weighted by molar-refractivity contribution is -0.138. The average molecular weight is 357 g/mol. The summed E-state index contributed by atoms with van der Waals surface area (Å²) in [4.78, 5) is 14.3. The van der Waals surface area contributed by atoms with E-state index in [4.69, 9.17) is 0 Å². The van der Waals surface area contributed by atoms with Gasteiger partial charge >= 0.3 is 12.2 Å². The zero-order chi connectivity index (χ0) is 18.4. The van der Waals surface area contributed by atoms with Crippen LogP contribution in [0.25, 0.3) is 0 Å². The number of hydrogen-bond acceptors (Lipinski definition) is 2. The molecule has 4 nitrogen and oxygen atoms in total. The van der Waals surface area contributed by atoms with Gasteiger partial charge in [0.05, 0.1) is 11.6 Å². The van der Waals surface area contributed by atoms with Crippen LogP contribution in [0.1, 0.15) is 43.4 Å². The van der Waals surface area contributed by atoms with E-state index in [0.717, 1.165) is 38.4 Å². The number of alkyl halides is 3. The molecule has 2 N–H and O–H groups in total. The Bertz CT molecular complexity index is 577. The molecule has 0 spiro atoms. The summed E-state index contributed by atoms with van der Waals surface area (Å²) in [7, 11) is 2.06. The second kappa shape index (κ2) is 8.56. The largest absolute Gasteiger partial charge is 0.416 e. The second-order valence-corrected chi connectivity index (χ2v) is 6.79. The van der Waals surface area contributed by atoms with Gasteiger partial charge in [-0.3, -0.25) is 0 Å². The van der Waals surface area contributed by atoms with E-state index in [2.05, 4.69) is 22.6 Å². The van der Waals surface area contributed by atoms with Gasteiger partial charge in [-0.15, -0.1) is 0 Å². The van der Waals surface area contributed by atoms with Gasteiger partial charge in [-0.25, -0.2) is 4.79 Å². The summed E-state index contributed by atoms with van der Waals surface area (Å²) in [6, 6.07) is 4.16. The Morgan fingerprint density at radius 3 is 2.76 bits per heavy atom. The van der Waals surface area contributed by atoms with Crippen LogP contribution in [0, 0.1) is 5.92 Å². The number of likely N-dealkylation sites (tertiary alicyclic amines) is 1. The Kier molecular flexibility index (Phi) is 6.70. The van der Waals surface area contributed by atoms with Gasteiger partial charge in [0, 0.05) is 13.1 Å². The van der Waals surface area contributed by atoms with Crippen molar-refractivity contribution in [2.24, 2.45) is 5.92 Å². The minimum Gasteiger partial charge on any atom is -0.338 e. The van der Waals surface area contributed by atoms with Crippen molar-refractivity contribution in [1.29, 1.82) is 0 Å². The predicted octanol–water partition coefficient (Wildman–Crippen LogP) is 3.80. The highest BCUT2D eigenvalue weighted by molar-refractivity contribution is 5.74. The van der Waals surface area contributed by atoms with E-state index in [9.17, 15) is 18.0 Å². The third-order valence-corrected chi connectivity index (χ3v) is 4.60. The first kappa shape index (κ1) is 19.6. The van der Waals surface area contributed by atoms with Crippen molar-refractivity contribution in [2.45, 2.75) is 38.4 Å². The molecule has 0 aliphatic carbocycles. The van der Waals surface area contributed by atoms with Gasteiger partial charge in [0.1, 0.15) is 0 Å². The van der Waals surface area contributed by atoms with Crippen LogP contribution in [0.2, 0.25) is 0 Å². The predicted molar refractivity (Wildman–Crippen MR) is 91.2 cm³/mol. The van der Waals surface area contributed by atoms with Crippen LogP contribution < -0.4 is 10.6 Å². The Balaban J connectivity index is 1.90. The van der Waals surface area contributed by atoms with Crippen LogP contribution in [0.4, 0.5) is 18.0 Å². The van der Waals surface area contributed by atoms with Crippen LogP contribution in [-0.4, -0.2) is 37.6 Å². The molecule has 2 atom stereocenters. The van der Waals surface area contributed by atoms with Crippen LogP contribution in [-0.2, 0) is 6.18 Å². The van der Waals surface area contributed by atoms with Crippen molar-refractivity contribution in [3.05, 3.63) is 35.4 Å². The van der Waals surface area contributed by atoms with Crippen LogP contribution in [0.5, 0.6) is 0 Å². The molecule has 2 amide bonds. The Labute approximate surface area is 146 Å². The fraction of sp³-hybridized carbons (Fsp3) is 0.611. The molecule has 7 heteroatoms. The number of benzene rings is 1. The summed E-state index contributed by atoms with van der Waals surface area (Å²) in [5.74, 6) is 0.371. The first-order chi connectivity index (χ1) is 11.8. The third-order valence-electron chi connectivity index (χ3n) is 4.60. The highest BCUT2D eigenvalue weighted by Crippen LogP contribution is 2.34. The van der Waals surface area contributed by atoms with Crippen molar-refractivity contribution in [3.8, 4) is 0 Å². The maximum Gasteiger partial charge on any atom is 0.416 e. The number of nitrogens with one attached hydrogen (secondary N) is 2. The molecule has 2 rings (SSSR count). The lowest BCUT2D eigenvalue weighted by atomic mass is 10.0. The molecule has 0 radical (unpaired) electrons. The quantitative estimate of drug-likeness (QED) is 0.861. The van der Waals surface area contributed by atoms with Crippen molar-refractivity contribution in [3.63, 3.8) is 0 Å². The molecule has 140 valence electrons. The highest BCUT2D eigenvalue weighted by atomic mass is 19.4. The van der Waals surface area contributed by atoms with Crippen molar-refractivity contribution < 1.29 is 18.0 Å². The number of halogens is 3. The number of carbonyl (C=O) groups excluding carboxylic acids is 1. The van der Waals surface area contributed by atoms with Gasteiger partial charge in [0.25, 0.3) is 0 Å².